The Labute approximate surface area is 107 Å². The van der Waals surface area contributed by atoms with Crippen LogP contribution >= 0.6 is 0 Å². The SMILES string of the molecule is CC1CCC(C)C(NCC2CC3CCC2C3)C1. The van der Waals surface area contributed by atoms with Gasteiger partial charge >= 0.3 is 0 Å². The van der Waals surface area contributed by atoms with E-state index < -0.39 is 0 Å². The highest BCUT2D eigenvalue weighted by Gasteiger charge is 2.39. The Kier molecular flexibility index (Phi) is 3.47. The fourth-order valence-corrected chi connectivity index (χ4v) is 4.75. The first-order valence-corrected chi connectivity index (χ1v) is 7.95. The van der Waals surface area contributed by atoms with Gasteiger partial charge in [0.15, 0.2) is 0 Å². The summed E-state index contributed by atoms with van der Waals surface area (Å²) in [5, 5.41) is 3.93. The first-order valence-electron chi connectivity index (χ1n) is 7.95. The largest absolute Gasteiger partial charge is 0.313 e. The Hall–Kier alpha value is -0.0400. The fraction of sp³-hybridized carbons (Fsp3) is 1.00. The van der Waals surface area contributed by atoms with Gasteiger partial charge in [-0.15, -0.1) is 0 Å². The van der Waals surface area contributed by atoms with Gasteiger partial charge in [0, 0.05) is 6.04 Å². The van der Waals surface area contributed by atoms with E-state index in [1.165, 1.54) is 45.1 Å². The molecule has 6 unspecified atom stereocenters. The molecule has 6 atom stereocenters. The van der Waals surface area contributed by atoms with Crippen LogP contribution in [0, 0.1) is 29.6 Å². The molecule has 0 radical (unpaired) electrons. The molecule has 3 aliphatic rings. The standard InChI is InChI=1S/C16H29N/c1-11-3-4-12(2)16(7-11)17-10-15-9-13-5-6-14(15)8-13/h11-17H,3-10H2,1-2H3. The maximum absolute atomic E-state index is 3.93. The van der Waals surface area contributed by atoms with Crippen molar-refractivity contribution in [1.29, 1.82) is 0 Å². The molecule has 0 aromatic rings. The number of nitrogens with one attached hydrogen (secondary N) is 1. The van der Waals surface area contributed by atoms with E-state index in [9.17, 15) is 0 Å². The van der Waals surface area contributed by atoms with Crippen LogP contribution < -0.4 is 5.32 Å². The summed E-state index contributed by atoms with van der Waals surface area (Å²) in [5.41, 5.74) is 0. The van der Waals surface area contributed by atoms with Crippen molar-refractivity contribution in [3.63, 3.8) is 0 Å². The van der Waals surface area contributed by atoms with Crippen LogP contribution in [0.1, 0.15) is 58.8 Å². The van der Waals surface area contributed by atoms with Crippen LogP contribution in [0.5, 0.6) is 0 Å². The summed E-state index contributed by atoms with van der Waals surface area (Å²) in [6.07, 6.45) is 10.5. The third-order valence-electron chi connectivity index (χ3n) is 5.98. The maximum atomic E-state index is 3.93. The van der Waals surface area contributed by atoms with E-state index in [-0.39, 0.29) is 0 Å². The third kappa shape index (κ3) is 2.54. The summed E-state index contributed by atoms with van der Waals surface area (Å²) < 4.78 is 0. The van der Waals surface area contributed by atoms with E-state index in [0.29, 0.717) is 0 Å². The Bertz CT molecular complexity index is 262. The minimum absolute atomic E-state index is 0.817. The highest BCUT2D eigenvalue weighted by Crippen LogP contribution is 2.48. The zero-order valence-corrected chi connectivity index (χ0v) is 11.6. The predicted molar refractivity (Wildman–Crippen MR) is 72.9 cm³/mol. The summed E-state index contributed by atoms with van der Waals surface area (Å²) in [6.45, 7) is 6.20. The molecule has 1 heteroatoms. The molecule has 0 saturated heterocycles. The van der Waals surface area contributed by atoms with E-state index in [4.69, 9.17) is 0 Å². The Morgan fingerprint density at radius 1 is 0.941 bits per heavy atom. The van der Waals surface area contributed by atoms with Gasteiger partial charge in [0.1, 0.15) is 0 Å². The monoisotopic (exact) mass is 235 g/mol. The normalized spacial score (nSPS) is 49.8. The van der Waals surface area contributed by atoms with Crippen molar-refractivity contribution >= 4 is 0 Å². The van der Waals surface area contributed by atoms with Crippen molar-refractivity contribution in [1.82, 2.24) is 5.32 Å². The fourth-order valence-electron chi connectivity index (χ4n) is 4.75. The second-order valence-corrected chi connectivity index (χ2v) is 7.35. The van der Waals surface area contributed by atoms with E-state index in [1.54, 1.807) is 6.42 Å². The van der Waals surface area contributed by atoms with Crippen molar-refractivity contribution in [3.8, 4) is 0 Å². The van der Waals surface area contributed by atoms with Gasteiger partial charge in [-0.1, -0.05) is 26.7 Å². The van der Waals surface area contributed by atoms with Gasteiger partial charge in [-0.3, -0.25) is 0 Å². The van der Waals surface area contributed by atoms with Gasteiger partial charge in [0.25, 0.3) is 0 Å². The smallest absolute Gasteiger partial charge is 0.00953 e. The minimum atomic E-state index is 0.817. The molecule has 0 amide bonds. The molecule has 1 N–H and O–H groups in total. The highest BCUT2D eigenvalue weighted by atomic mass is 14.9. The van der Waals surface area contributed by atoms with Crippen molar-refractivity contribution in [2.24, 2.45) is 29.6 Å². The second-order valence-electron chi connectivity index (χ2n) is 7.35. The van der Waals surface area contributed by atoms with Gasteiger partial charge in [-0.05, 0) is 68.2 Å². The van der Waals surface area contributed by atoms with Crippen LogP contribution in [-0.4, -0.2) is 12.6 Å². The van der Waals surface area contributed by atoms with Gasteiger partial charge < -0.3 is 5.32 Å². The Morgan fingerprint density at radius 3 is 2.53 bits per heavy atom. The molecule has 2 bridgehead atoms. The first kappa shape index (κ1) is 12.0. The van der Waals surface area contributed by atoms with E-state index in [0.717, 1.165) is 35.6 Å². The molecule has 0 spiro atoms. The van der Waals surface area contributed by atoms with Crippen molar-refractivity contribution < 1.29 is 0 Å². The molecule has 3 aliphatic carbocycles. The second kappa shape index (κ2) is 4.91. The lowest BCUT2D eigenvalue weighted by atomic mass is 9.79. The highest BCUT2D eigenvalue weighted by molar-refractivity contribution is 4.92. The van der Waals surface area contributed by atoms with Gasteiger partial charge in [0.05, 0.1) is 0 Å². The van der Waals surface area contributed by atoms with Crippen molar-refractivity contribution in [2.75, 3.05) is 6.54 Å². The summed E-state index contributed by atoms with van der Waals surface area (Å²) >= 11 is 0. The molecule has 3 fully saturated rings. The predicted octanol–water partition coefficient (Wildman–Crippen LogP) is 3.84. The minimum Gasteiger partial charge on any atom is -0.313 e. The Morgan fingerprint density at radius 2 is 1.82 bits per heavy atom. The first-order chi connectivity index (χ1) is 8.22. The van der Waals surface area contributed by atoms with Crippen LogP contribution in [0.3, 0.4) is 0 Å². The van der Waals surface area contributed by atoms with Crippen molar-refractivity contribution in [2.45, 2.75) is 64.8 Å². The van der Waals surface area contributed by atoms with Crippen LogP contribution in [0.4, 0.5) is 0 Å². The van der Waals surface area contributed by atoms with E-state index in [2.05, 4.69) is 19.2 Å². The maximum Gasteiger partial charge on any atom is 0.00953 e. The van der Waals surface area contributed by atoms with Crippen LogP contribution in [0.25, 0.3) is 0 Å². The molecular weight excluding hydrogens is 206 g/mol. The quantitative estimate of drug-likeness (QED) is 0.784. The van der Waals surface area contributed by atoms with Crippen LogP contribution in [0.15, 0.2) is 0 Å². The molecule has 1 nitrogen and oxygen atoms in total. The zero-order chi connectivity index (χ0) is 11.8. The van der Waals surface area contributed by atoms with Crippen LogP contribution in [0.2, 0.25) is 0 Å². The molecule has 0 aromatic carbocycles. The van der Waals surface area contributed by atoms with E-state index >= 15 is 0 Å². The summed E-state index contributed by atoms with van der Waals surface area (Å²) in [6, 6.07) is 0.817. The molecule has 0 aliphatic heterocycles. The topological polar surface area (TPSA) is 12.0 Å². The molecule has 3 rings (SSSR count). The lowest BCUT2D eigenvalue weighted by molar-refractivity contribution is 0.208. The summed E-state index contributed by atoms with van der Waals surface area (Å²) in [7, 11) is 0. The molecule has 98 valence electrons. The number of hydrogen-bond acceptors (Lipinski definition) is 1. The lowest BCUT2D eigenvalue weighted by Gasteiger charge is -2.35. The van der Waals surface area contributed by atoms with Gasteiger partial charge in [0.2, 0.25) is 0 Å². The zero-order valence-electron chi connectivity index (χ0n) is 11.6. The van der Waals surface area contributed by atoms with Crippen molar-refractivity contribution in [3.05, 3.63) is 0 Å². The third-order valence-corrected chi connectivity index (χ3v) is 5.98. The molecule has 17 heavy (non-hydrogen) atoms. The van der Waals surface area contributed by atoms with Gasteiger partial charge in [-0.2, -0.15) is 0 Å². The summed E-state index contributed by atoms with van der Waals surface area (Å²) in [5.74, 6) is 5.07. The van der Waals surface area contributed by atoms with E-state index in [1.807, 2.05) is 0 Å². The molecule has 3 saturated carbocycles. The number of rotatable bonds is 3. The van der Waals surface area contributed by atoms with Crippen LogP contribution in [-0.2, 0) is 0 Å². The number of fused-ring (bicyclic) bond motifs is 2. The Balaban J connectivity index is 1.47. The van der Waals surface area contributed by atoms with Gasteiger partial charge in [-0.25, -0.2) is 0 Å². The molecular formula is C16H29N. The average molecular weight is 235 g/mol. The average Bonchev–Trinajstić information content (AvgIpc) is 2.92. The molecule has 0 heterocycles. The number of hydrogen-bond donors (Lipinski definition) is 1. The lowest BCUT2D eigenvalue weighted by Crippen LogP contribution is -2.42. The summed E-state index contributed by atoms with van der Waals surface area (Å²) in [4.78, 5) is 0. The molecule has 0 aromatic heterocycles.